The third kappa shape index (κ3) is 2.99. The highest BCUT2D eigenvalue weighted by Crippen LogP contribution is 2.15. The van der Waals surface area contributed by atoms with Gasteiger partial charge in [0.15, 0.2) is 0 Å². The lowest BCUT2D eigenvalue weighted by atomic mass is 10.0. The molecule has 0 aliphatic heterocycles. The van der Waals surface area contributed by atoms with Crippen molar-refractivity contribution in [1.82, 2.24) is 4.90 Å². The first-order valence-corrected chi connectivity index (χ1v) is 4.75. The van der Waals surface area contributed by atoms with E-state index in [4.69, 9.17) is 5.11 Å². The fourth-order valence-electron chi connectivity index (χ4n) is 0.910. The number of amides is 1. The summed E-state index contributed by atoms with van der Waals surface area (Å²) >= 11 is 0. The molecule has 0 bridgehead atoms. The van der Waals surface area contributed by atoms with Crippen molar-refractivity contribution in [3.63, 3.8) is 0 Å². The van der Waals surface area contributed by atoms with Crippen LogP contribution in [0.15, 0.2) is 0 Å². The van der Waals surface area contributed by atoms with E-state index >= 15 is 0 Å². The summed E-state index contributed by atoms with van der Waals surface area (Å²) < 4.78 is 0. The van der Waals surface area contributed by atoms with E-state index in [1.54, 1.807) is 11.9 Å². The summed E-state index contributed by atoms with van der Waals surface area (Å²) in [6, 6.07) is 0. The molecule has 0 aromatic carbocycles. The Morgan fingerprint density at radius 2 is 2.00 bits per heavy atom. The second kappa shape index (κ2) is 4.61. The third-order valence-corrected chi connectivity index (χ3v) is 2.66. The van der Waals surface area contributed by atoms with Crippen molar-refractivity contribution < 1.29 is 9.90 Å². The lowest BCUT2D eigenvalue weighted by Gasteiger charge is -2.35. The molecule has 0 heterocycles. The number of hydrogen-bond acceptors (Lipinski definition) is 2. The molecular formula is C10H21NO2. The molecule has 0 spiro atoms. The van der Waals surface area contributed by atoms with Crippen molar-refractivity contribution in [1.29, 1.82) is 0 Å². The Morgan fingerprint density at radius 3 is 2.31 bits per heavy atom. The van der Waals surface area contributed by atoms with E-state index in [9.17, 15) is 4.79 Å². The summed E-state index contributed by atoms with van der Waals surface area (Å²) in [6.45, 7) is 7.60. The van der Waals surface area contributed by atoms with Gasteiger partial charge in [-0.1, -0.05) is 13.8 Å². The van der Waals surface area contributed by atoms with Crippen LogP contribution in [-0.2, 0) is 4.79 Å². The van der Waals surface area contributed by atoms with Crippen LogP contribution < -0.4 is 0 Å². The minimum atomic E-state index is -0.458. The molecule has 0 saturated carbocycles. The van der Waals surface area contributed by atoms with Crippen molar-refractivity contribution in [2.75, 3.05) is 13.7 Å². The monoisotopic (exact) mass is 187 g/mol. The minimum absolute atomic E-state index is 0.00826. The Kier molecular flexibility index (Phi) is 4.40. The predicted octanol–water partition coefficient (Wildman–Crippen LogP) is 1.26. The van der Waals surface area contributed by atoms with E-state index in [1.807, 2.05) is 27.7 Å². The highest BCUT2D eigenvalue weighted by molar-refractivity contribution is 5.78. The molecule has 3 heteroatoms. The average molecular weight is 187 g/mol. The van der Waals surface area contributed by atoms with E-state index in [-0.39, 0.29) is 18.4 Å². The van der Waals surface area contributed by atoms with Crippen LogP contribution in [0.25, 0.3) is 0 Å². The van der Waals surface area contributed by atoms with Crippen LogP contribution in [0.5, 0.6) is 0 Å². The number of likely N-dealkylation sites (N-methyl/N-ethyl adjacent to an activating group) is 1. The van der Waals surface area contributed by atoms with Gasteiger partial charge in [-0.15, -0.1) is 0 Å². The highest BCUT2D eigenvalue weighted by atomic mass is 16.3. The summed E-state index contributed by atoms with van der Waals surface area (Å²) in [7, 11) is 1.74. The lowest BCUT2D eigenvalue weighted by Crippen LogP contribution is -2.49. The van der Waals surface area contributed by atoms with Gasteiger partial charge < -0.3 is 10.0 Å². The fourth-order valence-corrected chi connectivity index (χ4v) is 0.910. The van der Waals surface area contributed by atoms with Gasteiger partial charge in [0.25, 0.3) is 0 Å². The molecule has 0 saturated heterocycles. The topological polar surface area (TPSA) is 40.5 Å². The maximum atomic E-state index is 11.7. The van der Waals surface area contributed by atoms with Crippen molar-refractivity contribution in [2.45, 2.75) is 39.7 Å². The van der Waals surface area contributed by atoms with Gasteiger partial charge in [0, 0.05) is 13.0 Å². The van der Waals surface area contributed by atoms with Crippen molar-refractivity contribution >= 4 is 5.91 Å². The first-order valence-electron chi connectivity index (χ1n) is 4.75. The second-order valence-corrected chi connectivity index (χ2v) is 4.18. The summed E-state index contributed by atoms with van der Waals surface area (Å²) in [5.74, 6) is 0.136. The molecule has 13 heavy (non-hydrogen) atoms. The molecule has 1 atom stereocenters. The third-order valence-electron chi connectivity index (χ3n) is 2.66. The van der Waals surface area contributed by atoms with Crippen molar-refractivity contribution in [3.05, 3.63) is 0 Å². The zero-order chi connectivity index (χ0) is 10.6. The molecule has 0 radical (unpaired) electrons. The Morgan fingerprint density at radius 1 is 1.54 bits per heavy atom. The molecular weight excluding hydrogens is 166 g/mol. The van der Waals surface area contributed by atoms with Crippen LogP contribution in [-0.4, -0.2) is 35.1 Å². The lowest BCUT2D eigenvalue weighted by molar-refractivity contribution is -0.140. The zero-order valence-corrected chi connectivity index (χ0v) is 9.29. The first-order chi connectivity index (χ1) is 5.86. The van der Waals surface area contributed by atoms with Crippen LogP contribution >= 0.6 is 0 Å². The number of aliphatic hydroxyl groups is 1. The van der Waals surface area contributed by atoms with Gasteiger partial charge in [0.05, 0.1) is 12.1 Å². The van der Waals surface area contributed by atoms with Gasteiger partial charge >= 0.3 is 0 Å². The molecule has 0 aromatic rings. The SMILES string of the molecule is CCC(C)C(=O)N(C)C(C)(C)CO. The van der Waals surface area contributed by atoms with Crippen LogP contribution in [0.2, 0.25) is 0 Å². The standard InChI is InChI=1S/C10H21NO2/c1-6-8(2)9(13)11(5)10(3,4)7-12/h8,12H,6-7H2,1-5H3. The molecule has 1 unspecified atom stereocenters. The Bertz CT molecular complexity index is 178. The Hall–Kier alpha value is -0.570. The van der Waals surface area contributed by atoms with Crippen molar-refractivity contribution in [2.24, 2.45) is 5.92 Å². The number of aliphatic hydroxyl groups excluding tert-OH is 1. The normalized spacial score (nSPS) is 14.0. The first kappa shape index (κ1) is 12.4. The maximum Gasteiger partial charge on any atom is 0.225 e. The molecule has 78 valence electrons. The van der Waals surface area contributed by atoms with Crippen LogP contribution in [0.3, 0.4) is 0 Å². The van der Waals surface area contributed by atoms with E-state index in [2.05, 4.69) is 0 Å². The fraction of sp³-hybridized carbons (Fsp3) is 0.900. The quantitative estimate of drug-likeness (QED) is 0.720. The number of carbonyl (C=O) groups excluding carboxylic acids is 1. The molecule has 3 nitrogen and oxygen atoms in total. The Labute approximate surface area is 80.7 Å². The number of carbonyl (C=O) groups is 1. The molecule has 0 aliphatic rings. The number of hydrogen-bond donors (Lipinski definition) is 1. The van der Waals surface area contributed by atoms with Crippen LogP contribution in [0.1, 0.15) is 34.1 Å². The number of nitrogens with zero attached hydrogens (tertiary/aromatic N) is 1. The van der Waals surface area contributed by atoms with E-state index in [0.29, 0.717) is 0 Å². The molecule has 0 aliphatic carbocycles. The van der Waals surface area contributed by atoms with Crippen LogP contribution in [0, 0.1) is 5.92 Å². The van der Waals surface area contributed by atoms with Gasteiger partial charge in [-0.05, 0) is 20.3 Å². The Balaban J connectivity index is 4.42. The van der Waals surface area contributed by atoms with Crippen LogP contribution in [0.4, 0.5) is 0 Å². The molecule has 0 aromatic heterocycles. The van der Waals surface area contributed by atoms with Gasteiger partial charge in [-0.25, -0.2) is 0 Å². The predicted molar refractivity (Wildman–Crippen MR) is 53.4 cm³/mol. The van der Waals surface area contributed by atoms with E-state index in [0.717, 1.165) is 6.42 Å². The summed E-state index contributed by atoms with van der Waals surface area (Å²) in [5, 5.41) is 9.07. The number of rotatable bonds is 4. The largest absolute Gasteiger partial charge is 0.394 e. The summed E-state index contributed by atoms with van der Waals surface area (Å²) in [6.07, 6.45) is 0.838. The van der Waals surface area contributed by atoms with E-state index in [1.165, 1.54) is 0 Å². The van der Waals surface area contributed by atoms with Crippen molar-refractivity contribution in [3.8, 4) is 0 Å². The molecule has 1 N–H and O–H groups in total. The molecule has 1 amide bonds. The summed E-state index contributed by atoms with van der Waals surface area (Å²) in [5.41, 5.74) is -0.458. The zero-order valence-electron chi connectivity index (χ0n) is 9.29. The molecule has 0 rings (SSSR count). The minimum Gasteiger partial charge on any atom is -0.394 e. The summed E-state index contributed by atoms with van der Waals surface area (Å²) in [4.78, 5) is 13.3. The van der Waals surface area contributed by atoms with Gasteiger partial charge in [0.2, 0.25) is 5.91 Å². The van der Waals surface area contributed by atoms with Gasteiger partial charge in [-0.3, -0.25) is 4.79 Å². The smallest absolute Gasteiger partial charge is 0.225 e. The highest BCUT2D eigenvalue weighted by Gasteiger charge is 2.28. The average Bonchev–Trinajstić information content (AvgIpc) is 2.14. The van der Waals surface area contributed by atoms with Gasteiger partial charge in [-0.2, -0.15) is 0 Å². The second-order valence-electron chi connectivity index (χ2n) is 4.18. The van der Waals surface area contributed by atoms with Gasteiger partial charge in [0.1, 0.15) is 0 Å². The molecule has 0 fully saturated rings. The van der Waals surface area contributed by atoms with E-state index < -0.39 is 5.54 Å². The maximum absolute atomic E-state index is 11.7.